The summed E-state index contributed by atoms with van der Waals surface area (Å²) in [7, 11) is 0. The van der Waals surface area contributed by atoms with Crippen LogP contribution in [-0.4, -0.2) is 51.0 Å². The summed E-state index contributed by atoms with van der Waals surface area (Å²) in [6.45, 7) is 4.17. The third kappa shape index (κ3) is 3.87. The number of halogens is 2. The zero-order valence-corrected chi connectivity index (χ0v) is 15.3. The molecule has 0 bridgehead atoms. The Morgan fingerprint density at radius 2 is 1.88 bits per heavy atom. The van der Waals surface area contributed by atoms with E-state index in [1.807, 2.05) is 28.8 Å². The third-order valence-electron chi connectivity index (χ3n) is 3.83. The standard InChI is InChI=1S/C15H16ClN5OS.ClH/c16-12-3-1-11(2-4-12)9-14-19-21-13(17-18-15(21)23-14)10-20-5-7-22-8-6-20;/h1-4H,5-10H2;1H. The molecule has 1 aromatic carbocycles. The minimum atomic E-state index is 0. The number of ether oxygens (including phenoxy) is 1. The zero-order chi connectivity index (χ0) is 15.6. The van der Waals surface area contributed by atoms with Crippen LogP contribution in [0.2, 0.25) is 5.02 Å². The van der Waals surface area contributed by atoms with E-state index in [1.54, 1.807) is 11.3 Å². The second-order valence-electron chi connectivity index (χ2n) is 5.50. The van der Waals surface area contributed by atoms with Gasteiger partial charge in [0.05, 0.1) is 19.8 Å². The summed E-state index contributed by atoms with van der Waals surface area (Å²) in [6.07, 6.45) is 0.780. The lowest BCUT2D eigenvalue weighted by Gasteiger charge is -2.25. The van der Waals surface area contributed by atoms with Crippen LogP contribution in [0.25, 0.3) is 4.96 Å². The van der Waals surface area contributed by atoms with Gasteiger partial charge in [0.15, 0.2) is 5.82 Å². The summed E-state index contributed by atoms with van der Waals surface area (Å²) >= 11 is 7.51. The summed E-state index contributed by atoms with van der Waals surface area (Å²) < 4.78 is 7.24. The van der Waals surface area contributed by atoms with Crippen LogP contribution in [0.4, 0.5) is 0 Å². The van der Waals surface area contributed by atoms with E-state index in [1.165, 1.54) is 5.56 Å². The highest BCUT2D eigenvalue weighted by atomic mass is 35.5. The monoisotopic (exact) mass is 385 g/mol. The Kier molecular flexibility index (Phi) is 5.68. The maximum absolute atomic E-state index is 5.93. The largest absolute Gasteiger partial charge is 0.379 e. The van der Waals surface area contributed by atoms with Crippen molar-refractivity contribution in [3.63, 3.8) is 0 Å². The number of hydrogen-bond donors (Lipinski definition) is 0. The Morgan fingerprint density at radius 3 is 2.62 bits per heavy atom. The predicted molar refractivity (Wildman–Crippen MR) is 96.3 cm³/mol. The van der Waals surface area contributed by atoms with Gasteiger partial charge < -0.3 is 4.74 Å². The van der Waals surface area contributed by atoms with Gasteiger partial charge in [-0.1, -0.05) is 35.1 Å². The number of benzene rings is 1. The molecule has 1 fully saturated rings. The molecule has 3 aromatic rings. The van der Waals surface area contributed by atoms with Gasteiger partial charge in [-0.3, -0.25) is 4.90 Å². The first-order chi connectivity index (χ1) is 11.3. The van der Waals surface area contributed by atoms with Gasteiger partial charge in [0.25, 0.3) is 0 Å². The quantitative estimate of drug-likeness (QED) is 0.690. The van der Waals surface area contributed by atoms with Crippen molar-refractivity contribution in [2.45, 2.75) is 13.0 Å². The normalized spacial score (nSPS) is 15.5. The molecule has 0 amide bonds. The fourth-order valence-corrected chi connectivity index (χ4v) is 3.62. The van der Waals surface area contributed by atoms with E-state index in [0.29, 0.717) is 0 Å². The lowest BCUT2D eigenvalue weighted by atomic mass is 10.2. The Morgan fingerprint density at radius 1 is 1.12 bits per heavy atom. The van der Waals surface area contributed by atoms with Crippen LogP contribution in [0.3, 0.4) is 0 Å². The van der Waals surface area contributed by atoms with Crippen molar-refractivity contribution in [1.82, 2.24) is 24.7 Å². The number of aromatic nitrogens is 4. The molecule has 0 unspecified atom stereocenters. The molecule has 6 nitrogen and oxygen atoms in total. The van der Waals surface area contributed by atoms with E-state index in [0.717, 1.165) is 60.1 Å². The van der Waals surface area contributed by atoms with Gasteiger partial charge in [-0.2, -0.15) is 9.61 Å². The van der Waals surface area contributed by atoms with Crippen molar-refractivity contribution in [1.29, 1.82) is 0 Å². The minimum absolute atomic E-state index is 0. The first kappa shape index (κ1) is 17.6. The molecule has 24 heavy (non-hydrogen) atoms. The van der Waals surface area contributed by atoms with E-state index >= 15 is 0 Å². The highest BCUT2D eigenvalue weighted by Gasteiger charge is 2.17. The highest BCUT2D eigenvalue weighted by molar-refractivity contribution is 7.16. The molecule has 9 heteroatoms. The summed E-state index contributed by atoms with van der Waals surface area (Å²) in [6, 6.07) is 7.86. The van der Waals surface area contributed by atoms with Crippen LogP contribution < -0.4 is 0 Å². The fraction of sp³-hybridized carbons (Fsp3) is 0.400. The average molecular weight is 386 g/mol. The van der Waals surface area contributed by atoms with Gasteiger partial charge in [0, 0.05) is 24.5 Å². The second kappa shape index (κ2) is 7.76. The molecule has 2 aromatic heterocycles. The molecule has 128 valence electrons. The lowest BCUT2D eigenvalue weighted by molar-refractivity contribution is 0.0328. The molecule has 0 radical (unpaired) electrons. The molecule has 1 saturated heterocycles. The van der Waals surface area contributed by atoms with E-state index in [2.05, 4.69) is 20.2 Å². The van der Waals surface area contributed by atoms with E-state index in [-0.39, 0.29) is 12.4 Å². The zero-order valence-electron chi connectivity index (χ0n) is 12.9. The molecule has 0 saturated carbocycles. The van der Waals surface area contributed by atoms with E-state index < -0.39 is 0 Å². The molecule has 0 atom stereocenters. The number of hydrogen-bond acceptors (Lipinski definition) is 6. The first-order valence-electron chi connectivity index (χ1n) is 7.52. The molecule has 0 N–H and O–H groups in total. The van der Waals surface area contributed by atoms with Crippen molar-refractivity contribution >= 4 is 40.3 Å². The Balaban J connectivity index is 0.00000169. The molecular weight excluding hydrogens is 369 g/mol. The number of morpholine rings is 1. The maximum atomic E-state index is 5.93. The van der Waals surface area contributed by atoms with Crippen LogP contribution >= 0.6 is 35.3 Å². The Hall–Kier alpha value is -1.25. The Labute approximate surface area is 154 Å². The number of fused-ring (bicyclic) bond motifs is 1. The summed E-state index contributed by atoms with van der Waals surface area (Å²) in [4.78, 5) is 3.16. The molecule has 4 rings (SSSR count). The number of rotatable bonds is 4. The third-order valence-corrected chi connectivity index (χ3v) is 4.99. The van der Waals surface area contributed by atoms with Crippen molar-refractivity contribution in [3.8, 4) is 0 Å². The molecule has 1 aliphatic heterocycles. The summed E-state index contributed by atoms with van der Waals surface area (Å²) in [5, 5.41) is 15.0. The molecule has 0 spiro atoms. The van der Waals surface area contributed by atoms with Gasteiger partial charge in [-0.25, -0.2) is 0 Å². The van der Waals surface area contributed by atoms with Gasteiger partial charge >= 0.3 is 0 Å². The second-order valence-corrected chi connectivity index (χ2v) is 6.98. The molecule has 1 aliphatic rings. The van der Waals surface area contributed by atoms with Gasteiger partial charge in [-0.15, -0.1) is 22.6 Å². The van der Waals surface area contributed by atoms with Crippen LogP contribution in [-0.2, 0) is 17.7 Å². The maximum Gasteiger partial charge on any atom is 0.234 e. The summed E-state index contributed by atoms with van der Waals surface area (Å²) in [5.41, 5.74) is 1.19. The van der Waals surface area contributed by atoms with Gasteiger partial charge in [-0.05, 0) is 17.7 Å². The van der Waals surface area contributed by atoms with Crippen molar-refractivity contribution in [2.75, 3.05) is 26.3 Å². The average Bonchev–Trinajstić information content (AvgIpc) is 3.12. The lowest BCUT2D eigenvalue weighted by Crippen LogP contribution is -2.36. The van der Waals surface area contributed by atoms with E-state index in [4.69, 9.17) is 16.3 Å². The van der Waals surface area contributed by atoms with Crippen molar-refractivity contribution in [3.05, 3.63) is 45.7 Å². The molecular formula is C15H17Cl2N5OS. The van der Waals surface area contributed by atoms with Crippen LogP contribution in [0.5, 0.6) is 0 Å². The van der Waals surface area contributed by atoms with Crippen LogP contribution in [0, 0.1) is 0 Å². The SMILES string of the molecule is Cl.Clc1ccc(Cc2nn3c(CN4CCOCC4)nnc3s2)cc1. The minimum Gasteiger partial charge on any atom is -0.379 e. The van der Waals surface area contributed by atoms with Crippen LogP contribution in [0.1, 0.15) is 16.4 Å². The smallest absolute Gasteiger partial charge is 0.234 e. The highest BCUT2D eigenvalue weighted by Crippen LogP contribution is 2.19. The molecule has 0 aliphatic carbocycles. The van der Waals surface area contributed by atoms with E-state index in [9.17, 15) is 0 Å². The van der Waals surface area contributed by atoms with Gasteiger partial charge in [0.2, 0.25) is 4.96 Å². The summed E-state index contributed by atoms with van der Waals surface area (Å²) in [5.74, 6) is 0.889. The Bertz CT molecular complexity index is 798. The molecule has 3 heterocycles. The topological polar surface area (TPSA) is 55.5 Å². The fourth-order valence-electron chi connectivity index (χ4n) is 2.60. The van der Waals surface area contributed by atoms with Crippen molar-refractivity contribution in [2.24, 2.45) is 0 Å². The van der Waals surface area contributed by atoms with Gasteiger partial charge in [0.1, 0.15) is 5.01 Å². The predicted octanol–water partition coefficient (Wildman–Crippen LogP) is 2.68. The van der Waals surface area contributed by atoms with Crippen molar-refractivity contribution < 1.29 is 4.74 Å². The number of nitrogens with zero attached hydrogens (tertiary/aromatic N) is 5. The van der Waals surface area contributed by atoms with Crippen LogP contribution in [0.15, 0.2) is 24.3 Å². The first-order valence-corrected chi connectivity index (χ1v) is 8.72.